The van der Waals surface area contributed by atoms with Crippen LogP contribution in [0.4, 0.5) is 0 Å². The van der Waals surface area contributed by atoms with Crippen LogP contribution in [0.15, 0.2) is 16.8 Å². The van der Waals surface area contributed by atoms with Crippen molar-refractivity contribution in [2.24, 2.45) is 39.7 Å². The molecule has 1 amide bonds. The first-order chi connectivity index (χ1) is 17.4. The number of oxime groups is 1. The van der Waals surface area contributed by atoms with E-state index in [9.17, 15) is 24.6 Å². The molecule has 0 aromatic rings. The summed E-state index contributed by atoms with van der Waals surface area (Å²) in [6.07, 6.45) is 9.94. The Balaban J connectivity index is 1.41. The fraction of sp³-hybridized carbons (Fsp3) is 0.793. The van der Waals surface area contributed by atoms with E-state index in [0.717, 1.165) is 50.7 Å². The van der Waals surface area contributed by atoms with Gasteiger partial charge in [0.25, 0.3) is 5.91 Å². The molecule has 0 aliphatic heterocycles. The summed E-state index contributed by atoms with van der Waals surface area (Å²) in [5, 5.41) is 27.5. The van der Waals surface area contributed by atoms with Gasteiger partial charge in [-0.25, -0.2) is 4.79 Å². The number of hydrogen-bond acceptors (Lipinski definition) is 6. The second-order valence-corrected chi connectivity index (χ2v) is 12.5. The fourth-order valence-corrected chi connectivity index (χ4v) is 8.31. The number of carboxylic acid groups (broad SMARTS) is 1. The number of allylic oxidation sites excluding steroid dienone is 2. The van der Waals surface area contributed by atoms with E-state index in [1.165, 1.54) is 5.57 Å². The van der Waals surface area contributed by atoms with Gasteiger partial charge in [0.1, 0.15) is 11.6 Å². The van der Waals surface area contributed by atoms with Gasteiger partial charge in [-0.1, -0.05) is 44.8 Å². The quantitative estimate of drug-likeness (QED) is 0.414. The predicted octanol–water partition coefficient (Wildman–Crippen LogP) is 4.26. The molecule has 0 saturated heterocycles. The molecule has 3 fully saturated rings. The van der Waals surface area contributed by atoms with Crippen LogP contribution in [0.1, 0.15) is 92.4 Å². The average molecular weight is 517 g/mol. The number of nitrogens with zero attached hydrogens (tertiary/aromatic N) is 1. The van der Waals surface area contributed by atoms with E-state index in [1.54, 1.807) is 13.8 Å². The highest BCUT2D eigenvalue weighted by Gasteiger charge is 2.65. The largest absolute Gasteiger partial charge is 0.480 e. The number of ketones is 1. The van der Waals surface area contributed by atoms with Crippen LogP contribution >= 0.6 is 0 Å². The Bertz CT molecular complexity index is 1010. The van der Waals surface area contributed by atoms with Crippen LogP contribution in [-0.4, -0.2) is 51.8 Å². The standard InChI is InChI=1S/C29H44N2O6/c1-6-17(2)25(26(34)35)30-24(33)16-37-31-20-9-12-27(4)19(15-20)7-8-21-22(27)10-13-28(5)23(21)11-14-29(28,36)18(3)32/h15,17,21-23,25,36H,6-14,16H2,1-5H3,(H,30,33)(H,34,35)/b31-20+/t17?,21?,22?,23?,25?,27-,28-,29-/m0/s1. The minimum Gasteiger partial charge on any atom is -0.480 e. The van der Waals surface area contributed by atoms with Crippen molar-refractivity contribution >= 4 is 23.4 Å². The molecule has 37 heavy (non-hydrogen) atoms. The fourth-order valence-electron chi connectivity index (χ4n) is 8.31. The highest BCUT2D eigenvalue weighted by Crippen LogP contribution is 2.67. The number of rotatable bonds is 8. The normalized spacial score (nSPS) is 39.5. The summed E-state index contributed by atoms with van der Waals surface area (Å²) in [7, 11) is 0. The van der Waals surface area contributed by atoms with Crippen molar-refractivity contribution in [2.45, 2.75) is 104 Å². The Morgan fingerprint density at radius 1 is 1.14 bits per heavy atom. The molecule has 3 N–H and O–H groups in total. The molecule has 0 aromatic carbocycles. The van der Waals surface area contributed by atoms with Gasteiger partial charge in [0.2, 0.25) is 0 Å². The summed E-state index contributed by atoms with van der Waals surface area (Å²) < 4.78 is 0. The van der Waals surface area contributed by atoms with E-state index in [4.69, 9.17) is 4.84 Å². The van der Waals surface area contributed by atoms with Crippen LogP contribution in [0.5, 0.6) is 0 Å². The molecule has 0 aromatic heterocycles. The molecule has 4 rings (SSSR count). The number of amides is 1. The van der Waals surface area contributed by atoms with E-state index in [0.29, 0.717) is 30.6 Å². The number of hydrogen-bond donors (Lipinski definition) is 3. The van der Waals surface area contributed by atoms with Crippen molar-refractivity contribution in [2.75, 3.05) is 6.61 Å². The van der Waals surface area contributed by atoms with Gasteiger partial charge in [0, 0.05) is 5.41 Å². The Morgan fingerprint density at radius 2 is 1.84 bits per heavy atom. The molecule has 8 atom stereocenters. The van der Waals surface area contributed by atoms with Crippen molar-refractivity contribution in [3.63, 3.8) is 0 Å². The lowest BCUT2D eigenvalue weighted by Crippen LogP contribution is -2.57. The topological polar surface area (TPSA) is 125 Å². The van der Waals surface area contributed by atoms with Crippen LogP contribution in [0, 0.1) is 34.5 Å². The van der Waals surface area contributed by atoms with Crippen LogP contribution in [-0.2, 0) is 19.2 Å². The maximum Gasteiger partial charge on any atom is 0.326 e. The lowest BCUT2D eigenvalue weighted by atomic mass is 9.46. The lowest BCUT2D eigenvalue weighted by Gasteiger charge is -2.59. The van der Waals surface area contributed by atoms with Gasteiger partial charge in [0.15, 0.2) is 12.4 Å². The third-order valence-corrected chi connectivity index (χ3v) is 10.9. The number of carbonyl (C=O) groups is 3. The minimum absolute atomic E-state index is 0.0720. The van der Waals surface area contributed by atoms with Crippen molar-refractivity contribution in [1.82, 2.24) is 5.32 Å². The molecule has 8 heteroatoms. The van der Waals surface area contributed by atoms with E-state index < -0.39 is 23.5 Å². The zero-order chi connectivity index (χ0) is 27.2. The third-order valence-electron chi connectivity index (χ3n) is 10.9. The summed E-state index contributed by atoms with van der Waals surface area (Å²) in [4.78, 5) is 41.5. The zero-order valence-corrected chi connectivity index (χ0v) is 23.0. The maximum atomic E-state index is 12.4. The van der Waals surface area contributed by atoms with Crippen LogP contribution in [0.2, 0.25) is 0 Å². The summed E-state index contributed by atoms with van der Waals surface area (Å²) in [5.41, 5.74) is 0.764. The van der Waals surface area contributed by atoms with E-state index in [-0.39, 0.29) is 29.1 Å². The Morgan fingerprint density at radius 3 is 2.49 bits per heavy atom. The Labute approximate surface area is 220 Å². The molecule has 0 radical (unpaired) electrons. The molecule has 0 heterocycles. The maximum absolute atomic E-state index is 12.4. The number of nitrogens with one attached hydrogen (secondary N) is 1. The van der Waals surface area contributed by atoms with Gasteiger partial charge in [-0.05, 0) is 93.5 Å². The number of aliphatic hydroxyl groups is 1. The molecular weight excluding hydrogens is 472 g/mol. The molecule has 8 nitrogen and oxygen atoms in total. The highest BCUT2D eigenvalue weighted by atomic mass is 16.6. The van der Waals surface area contributed by atoms with Gasteiger partial charge in [-0.15, -0.1) is 0 Å². The number of Topliss-reactive ketones (excluding diaryl/α,β-unsaturated/α-hetero) is 1. The summed E-state index contributed by atoms with van der Waals surface area (Å²) in [5.74, 6) is -0.376. The first-order valence-corrected chi connectivity index (χ1v) is 14.0. The second kappa shape index (κ2) is 10.2. The van der Waals surface area contributed by atoms with E-state index in [1.807, 2.05) is 6.92 Å². The first kappa shape index (κ1) is 27.8. The van der Waals surface area contributed by atoms with Crippen molar-refractivity contribution in [1.29, 1.82) is 0 Å². The number of carbonyl (C=O) groups excluding carboxylic acids is 2. The van der Waals surface area contributed by atoms with Gasteiger partial charge < -0.3 is 20.4 Å². The predicted molar refractivity (Wildman–Crippen MR) is 140 cm³/mol. The summed E-state index contributed by atoms with van der Waals surface area (Å²) in [6.45, 7) is 9.44. The lowest BCUT2D eigenvalue weighted by molar-refractivity contribution is -0.159. The monoisotopic (exact) mass is 516 g/mol. The molecule has 4 aliphatic rings. The molecule has 4 aliphatic carbocycles. The summed E-state index contributed by atoms with van der Waals surface area (Å²) in [6, 6.07) is -0.940. The van der Waals surface area contributed by atoms with Gasteiger partial charge in [-0.2, -0.15) is 0 Å². The average Bonchev–Trinajstić information content (AvgIpc) is 3.14. The minimum atomic E-state index is -1.19. The van der Waals surface area contributed by atoms with Crippen LogP contribution < -0.4 is 5.32 Å². The SMILES string of the molecule is CCC(C)C(NC(=O)CO/N=C1/C=C2CCC3C(CC[C@@]4(C)C3CC[C@]4(O)C(C)=O)[C@@]2(C)CC1)C(=O)O. The Kier molecular flexibility index (Phi) is 7.63. The second-order valence-electron chi connectivity index (χ2n) is 12.5. The van der Waals surface area contributed by atoms with Crippen LogP contribution in [0.3, 0.4) is 0 Å². The summed E-state index contributed by atoms with van der Waals surface area (Å²) >= 11 is 0. The van der Waals surface area contributed by atoms with E-state index in [2.05, 4.69) is 30.4 Å². The highest BCUT2D eigenvalue weighted by molar-refractivity contribution is 5.96. The number of carboxylic acids is 1. The zero-order valence-electron chi connectivity index (χ0n) is 23.0. The van der Waals surface area contributed by atoms with Crippen molar-refractivity contribution in [3.05, 3.63) is 11.6 Å². The molecule has 206 valence electrons. The van der Waals surface area contributed by atoms with Gasteiger partial charge in [-0.3, -0.25) is 9.59 Å². The van der Waals surface area contributed by atoms with E-state index >= 15 is 0 Å². The van der Waals surface area contributed by atoms with Gasteiger partial charge >= 0.3 is 5.97 Å². The first-order valence-electron chi connectivity index (χ1n) is 14.0. The third kappa shape index (κ3) is 4.64. The van der Waals surface area contributed by atoms with Crippen molar-refractivity contribution in [3.8, 4) is 0 Å². The smallest absolute Gasteiger partial charge is 0.326 e. The molecular formula is C29H44N2O6. The molecule has 5 unspecified atom stereocenters. The number of aliphatic carboxylic acids is 1. The van der Waals surface area contributed by atoms with Crippen molar-refractivity contribution < 1.29 is 29.4 Å². The van der Waals surface area contributed by atoms with Gasteiger partial charge in [0.05, 0.1) is 5.71 Å². The molecule has 0 bridgehead atoms. The molecule has 3 saturated carbocycles. The Hall–Kier alpha value is -2.22. The van der Waals surface area contributed by atoms with Crippen LogP contribution in [0.25, 0.3) is 0 Å². The molecule has 0 spiro atoms. The number of fused-ring (bicyclic) bond motifs is 5.